The number of likely N-dealkylation sites (N-methyl/N-ethyl adjacent to an activating group) is 1. The van der Waals surface area contributed by atoms with Gasteiger partial charge in [-0.05, 0) is 61.5 Å². The van der Waals surface area contributed by atoms with Crippen molar-refractivity contribution < 1.29 is 0 Å². The van der Waals surface area contributed by atoms with Gasteiger partial charge >= 0.3 is 0 Å². The molecule has 4 heteroatoms. The topological polar surface area (TPSA) is 34.0 Å². The second-order valence-electron chi connectivity index (χ2n) is 7.41. The summed E-state index contributed by atoms with van der Waals surface area (Å²) in [6, 6.07) is 15.1. The maximum Gasteiger partial charge on any atom is 0.137 e. The van der Waals surface area contributed by atoms with Crippen molar-refractivity contribution in [1.82, 2.24) is 19.4 Å². The highest BCUT2D eigenvalue weighted by Gasteiger charge is 2.23. The van der Waals surface area contributed by atoms with Crippen molar-refractivity contribution >= 4 is 10.9 Å². The van der Waals surface area contributed by atoms with Crippen molar-refractivity contribution in [2.75, 3.05) is 13.6 Å². The Hall–Kier alpha value is -2.98. The van der Waals surface area contributed by atoms with E-state index in [1.54, 1.807) is 0 Å². The minimum absolute atomic E-state index is 0.993. The number of fused-ring (bicyclic) bond motifs is 3. The van der Waals surface area contributed by atoms with Gasteiger partial charge in [0, 0.05) is 54.7 Å². The lowest BCUT2D eigenvalue weighted by molar-refractivity contribution is 0.311. The Bertz CT molecular complexity index is 1110. The number of rotatable bonds is 2. The first-order valence-corrected chi connectivity index (χ1v) is 9.39. The molecule has 0 amide bonds. The van der Waals surface area contributed by atoms with E-state index in [0.29, 0.717) is 0 Å². The van der Waals surface area contributed by atoms with E-state index < -0.39 is 0 Å². The molecule has 0 radical (unpaired) electrons. The molecule has 134 valence electrons. The van der Waals surface area contributed by atoms with Gasteiger partial charge in [-0.15, -0.1) is 0 Å². The molecule has 5 rings (SSSR count). The predicted octanol–water partition coefficient (Wildman–Crippen LogP) is 4.38. The van der Waals surface area contributed by atoms with Crippen LogP contribution in [0.15, 0.2) is 61.1 Å². The highest BCUT2D eigenvalue weighted by Crippen LogP contribution is 2.33. The van der Waals surface area contributed by atoms with E-state index in [9.17, 15) is 0 Å². The first kappa shape index (κ1) is 16.2. The van der Waals surface area contributed by atoms with Gasteiger partial charge in [-0.2, -0.15) is 0 Å². The Morgan fingerprint density at radius 1 is 0.963 bits per heavy atom. The number of pyridine rings is 2. The molecular formula is C23H22N4. The zero-order chi connectivity index (χ0) is 18.4. The third kappa shape index (κ3) is 2.73. The first-order chi connectivity index (χ1) is 13.2. The van der Waals surface area contributed by atoms with Crippen LogP contribution in [0.2, 0.25) is 0 Å². The minimum Gasteiger partial charge on any atom is -0.302 e. The molecule has 0 aliphatic carbocycles. The lowest BCUT2D eigenvalue weighted by Crippen LogP contribution is -2.27. The van der Waals surface area contributed by atoms with Gasteiger partial charge < -0.3 is 4.90 Å². The van der Waals surface area contributed by atoms with E-state index in [0.717, 1.165) is 36.5 Å². The summed E-state index contributed by atoms with van der Waals surface area (Å²) < 4.78 is 2.35. The van der Waals surface area contributed by atoms with E-state index >= 15 is 0 Å². The highest BCUT2D eigenvalue weighted by molar-refractivity contribution is 5.88. The fourth-order valence-electron chi connectivity index (χ4n) is 4.10. The van der Waals surface area contributed by atoms with Crippen LogP contribution in [-0.2, 0) is 13.0 Å². The molecule has 1 aliphatic rings. The second-order valence-corrected chi connectivity index (χ2v) is 7.41. The minimum atomic E-state index is 0.993. The summed E-state index contributed by atoms with van der Waals surface area (Å²) in [4.78, 5) is 11.3. The van der Waals surface area contributed by atoms with Crippen LogP contribution in [0.1, 0.15) is 16.8 Å². The number of hydrogen-bond donors (Lipinski definition) is 0. The molecule has 0 fully saturated rings. The third-order valence-electron chi connectivity index (χ3n) is 5.49. The Balaban J connectivity index is 1.67. The number of benzene rings is 1. The number of nitrogens with zero attached hydrogens (tertiary/aromatic N) is 4. The molecule has 0 N–H and O–H groups in total. The summed E-state index contributed by atoms with van der Waals surface area (Å²) >= 11 is 0. The van der Waals surface area contributed by atoms with E-state index in [-0.39, 0.29) is 0 Å². The fraction of sp³-hybridized carbons (Fsp3) is 0.217. The molecule has 1 aliphatic heterocycles. The van der Waals surface area contributed by atoms with Gasteiger partial charge in [0.1, 0.15) is 5.82 Å². The van der Waals surface area contributed by atoms with Crippen molar-refractivity contribution in [1.29, 1.82) is 0 Å². The van der Waals surface area contributed by atoms with Crippen molar-refractivity contribution in [2.24, 2.45) is 0 Å². The Labute approximate surface area is 159 Å². The quantitative estimate of drug-likeness (QED) is 0.536. The van der Waals surface area contributed by atoms with E-state index in [1.807, 2.05) is 30.7 Å². The number of hydrogen-bond acceptors (Lipinski definition) is 3. The predicted molar refractivity (Wildman–Crippen MR) is 109 cm³/mol. The largest absolute Gasteiger partial charge is 0.302 e. The fourth-order valence-corrected chi connectivity index (χ4v) is 4.10. The zero-order valence-electron chi connectivity index (χ0n) is 15.7. The van der Waals surface area contributed by atoms with Crippen LogP contribution < -0.4 is 0 Å². The second kappa shape index (κ2) is 6.32. The van der Waals surface area contributed by atoms with E-state index in [2.05, 4.69) is 58.8 Å². The summed E-state index contributed by atoms with van der Waals surface area (Å²) in [5.74, 6) is 0.993. The molecule has 27 heavy (non-hydrogen) atoms. The molecule has 3 aromatic heterocycles. The summed E-state index contributed by atoms with van der Waals surface area (Å²) in [5.41, 5.74) is 7.66. The maximum absolute atomic E-state index is 4.83. The molecule has 0 bridgehead atoms. The standard InChI is InChI=1S/C23H22N4/c1-16-3-5-21-19(13-16)20-15-26(2)12-9-22(20)27(21)23-6-4-18(14-25-23)17-7-10-24-11-8-17/h3-8,10-11,13-14H,9,12,15H2,1-2H3. The van der Waals surface area contributed by atoms with Crippen LogP contribution in [-0.4, -0.2) is 33.0 Å². The lowest BCUT2D eigenvalue weighted by atomic mass is 10.0. The summed E-state index contributed by atoms with van der Waals surface area (Å²) in [6.07, 6.45) is 6.65. The van der Waals surface area contributed by atoms with Crippen LogP contribution in [0.5, 0.6) is 0 Å². The van der Waals surface area contributed by atoms with Crippen molar-refractivity contribution in [2.45, 2.75) is 19.9 Å². The van der Waals surface area contributed by atoms with E-state index in [4.69, 9.17) is 4.98 Å². The normalized spacial score (nSPS) is 14.4. The SMILES string of the molecule is Cc1ccc2c(c1)c1c(n2-c2ccc(-c3ccncc3)cn2)CCN(C)C1. The van der Waals surface area contributed by atoms with Gasteiger partial charge in [0.2, 0.25) is 0 Å². The number of aromatic nitrogens is 3. The summed E-state index contributed by atoms with van der Waals surface area (Å²) in [7, 11) is 2.20. The molecule has 0 saturated carbocycles. The van der Waals surface area contributed by atoms with Crippen LogP contribution in [0.3, 0.4) is 0 Å². The summed E-state index contributed by atoms with van der Waals surface area (Å²) in [5, 5.41) is 1.36. The van der Waals surface area contributed by atoms with Crippen LogP contribution in [0.4, 0.5) is 0 Å². The molecule has 0 spiro atoms. The third-order valence-corrected chi connectivity index (χ3v) is 5.49. The molecule has 0 unspecified atom stereocenters. The molecule has 0 atom stereocenters. The molecule has 0 saturated heterocycles. The van der Waals surface area contributed by atoms with Gasteiger partial charge in [-0.3, -0.25) is 9.55 Å². The average Bonchev–Trinajstić information content (AvgIpc) is 3.02. The summed E-state index contributed by atoms with van der Waals surface area (Å²) in [6.45, 7) is 4.24. The molecule has 4 nitrogen and oxygen atoms in total. The first-order valence-electron chi connectivity index (χ1n) is 9.39. The number of aryl methyl sites for hydroxylation is 1. The maximum atomic E-state index is 4.83. The lowest BCUT2D eigenvalue weighted by Gasteiger charge is -2.24. The Morgan fingerprint density at radius 2 is 1.81 bits per heavy atom. The average molecular weight is 354 g/mol. The molecular weight excluding hydrogens is 332 g/mol. The van der Waals surface area contributed by atoms with Gasteiger partial charge in [0.25, 0.3) is 0 Å². The highest BCUT2D eigenvalue weighted by atomic mass is 15.1. The van der Waals surface area contributed by atoms with Crippen molar-refractivity contribution in [3.05, 3.63) is 77.9 Å². The van der Waals surface area contributed by atoms with Gasteiger partial charge in [0.05, 0.1) is 5.52 Å². The molecule has 4 heterocycles. The van der Waals surface area contributed by atoms with Crippen molar-refractivity contribution in [3.8, 4) is 16.9 Å². The van der Waals surface area contributed by atoms with E-state index in [1.165, 1.54) is 27.7 Å². The monoisotopic (exact) mass is 354 g/mol. The zero-order valence-corrected chi connectivity index (χ0v) is 15.7. The van der Waals surface area contributed by atoms with Crippen LogP contribution >= 0.6 is 0 Å². The Kier molecular flexibility index (Phi) is 3.80. The van der Waals surface area contributed by atoms with Gasteiger partial charge in [0.15, 0.2) is 0 Å². The van der Waals surface area contributed by atoms with Gasteiger partial charge in [-0.25, -0.2) is 4.98 Å². The molecule has 1 aromatic carbocycles. The Morgan fingerprint density at radius 3 is 2.59 bits per heavy atom. The van der Waals surface area contributed by atoms with Crippen LogP contribution in [0.25, 0.3) is 27.8 Å². The smallest absolute Gasteiger partial charge is 0.137 e. The van der Waals surface area contributed by atoms with Crippen molar-refractivity contribution in [3.63, 3.8) is 0 Å². The van der Waals surface area contributed by atoms with Crippen LogP contribution in [0, 0.1) is 6.92 Å². The molecule has 4 aromatic rings. The van der Waals surface area contributed by atoms with Gasteiger partial charge in [-0.1, -0.05) is 11.6 Å².